The number of methoxy groups -OCH3 is 1. The largest absolute Gasteiger partial charge is 0.492 e. The average molecular weight is 455 g/mol. The van der Waals surface area contributed by atoms with Crippen LogP contribution in [0.5, 0.6) is 11.5 Å². The number of allylic oxidation sites excluding steroid dienone is 3. The highest BCUT2D eigenvalue weighted by Gasteiger charge is 2.19. The third-order valence-electron chi connectivity index (χ3n) is 5.89. The summed E-state index contributed by atoms with van der Waals surface area (Å²) in [6, 6.07) is 5.60. The van der Waals surface area contributed by atoms with Gasteiger partial charge < -0.3 is 19.8 Å². The second-order valence-corrected chi connectivity index (χ2v) is 9.05. The number of fused-ring (bicyclic) bond motifs is 1. The zero-order chi connectivity index (χ0) is 24.2. The number of rotatable bonds is 14. The summed E-state index contributed by atoms with van der Waals surface area (Å²) in [6.45, 7) is 9.51. The van der Waals surface area contributed by atoms with Gasteiger partial charge in [0.15, 0.2) is 5.75 Å². The second kappa shape index (κ2) is 13.8. The van der Waals surface area contributed by atoms with Crippen molar-refractivity contribution in [3.63, 3.8) is 0 Å². The van der Waals surface area contributed by atoms with E-state index in [1.54, 1.807) is 11.7 Å². The van der Waals surface area contributed by atoms with Gasteiger partial charge in [0.25, 0.3) is 5.56 Å². The molecule has 5 heteroatoms. The summed E-state index contributed by atoms with van der Waals surface area (Å²) < 4.78 is 13.5. The lowest BCUT2D eigenvalue weighted by molar-refractivity contribution is 0.320. The molecule has 1 heterocycles. The molecule has 5 nitrogen and oxygen atoms in total. The first-order valence-corrected chi connectivity index (χ1v) is 12.3. The monoisotopic (exact) mass is 454 g/mol. The summed E-state index contributed by atoms with van der Waals surface area (Å²) in [4.78, 5) is 13.5. The SMILES string of the molecule is CCCCCCCCn1c(=O)c(OCC=C(C)CCC=C(C)C)c(OC)c2ccc(N)cc21. The number of pyridine rings is 1. The molecular formula is C28H42N2O3. The summed E-state index contributed by atoms with van der Waals surface area (Å²) in [6.07, 6.45) is 13.2. The summed E-state index contributed by atoms with van der Waals surface area (Å²) in [5.74, 6) is 0.749. The molecular weight excluding hydrogens is 412 g/mol. The Morgan fingerprint density at radius 2 is 1.76 bits per heavy atom. The van der Waals surface area contributed by atoms with Crippen LogP contribution in [0.4, 0.5) is 5.69 Å². The number of aryl methyl sites for hydroxylation is 1. The summed E-state index contributed by atoms with van der Waals surface area (Å²) in [5, 5.41) is 0.844. The first kappa shape index (κ1) is 26.6. The highest BCUT2D eigenvalue weighted by atomic mass is 16.5. The Hall–Kier alpha value is -2.69. The molecule has 0 aliphatic heterocycles. The van der Waals surface area contributed by atoms with E-state index in [0.717, 1.165) is 36.6 Å². The molecule has 1 aromatic heterocycles. The minimum atomic E-state index is -0.158. The Morgan fingerprint density at radius 1 is 1.03 bits per heavy atom. The summed E-state index contributed by atoms with van der Waals surface area (Å²) in [5.41, 5.74) is 9.89. The van der Waals surface area contributed by atoms with Gasteiger partial charge in [0.1, 0.15) is 6.61 Å². The fourth-order valence-corrected chi connectivity index (χ4v) is 3.98. The quantitative estimate of drug-likeness (QED) is 0.189. The third kappa shape index (κ3) is 7.99. The molecule has 0 spiro atoms. The van der Waals surface area contributed by atoms with Gasteiger partial charge in [0.2, 0.25) is 5.75 Å². The van der Waals surface area contributed by atoms with E-state index in [1.165, 1.54) is 36.8 Å². The van der Waals surface area contributed by atoms with Gasteiger partial charge in [0, 0.05) is 17.6 Å². The molecule has 0 fully saturated rings. The normalized spacial score (nSPS) is 11.6. The Morgan fingerprint density at radius 3 is 2.45 bits per heavy atom. The molecule has 182 valence electrons. The lowest BCUT2D eigenvalue weighted by atomic mass is 10.1. The van der Waals surface area contributed by atoms with E-state index in [2.05, 4.69) is 33.8 Å². The van der Waals surface area contributed by atoms with Crippen molar-refractivity contribution in [2.24, 2.45) is 0 Å². The molecule has 0 bridgehead atoms. The van der Waals surface area contributed by atoms with E-state index in [9.17, 15) is 4.79 Å². The first-order valence-electron chi connectivity index (χ1n) is 12.3. The van der Waals surface area contributed by atoms with Gasteiger partial charge in [-0.25, -0.2) is 0 Å². The first-order chi connectivity index (χ1) is 15.9. The number of unbranched alkanes of at least 4 members (excludes halogenated alkanes) is 5. The zero-order valence-electron chi connectivity index (χ0n) is 21.2. The van der Waals surface area contributed by atoms with Crippen LogP contribution in [-0.4, -0.2) is 18.3 Å². The molecule has 0 aliphatic carbocycles. The molecule has 0 unspecified atom stereocenters. The molecule has 33 heavy (non-hydrogen) atoms. The van der Waals surface area contributed by atoms with Crippen LogP contribution in [0.25, 0.3) is 10.9 Å². The lowest BCUT2D eigenvalue weighted by Gasteiger charge is -2.17. The van der Waals surface area contributed by atoms with Crippen molar-refractivity contribution in [3.8, 4) is 11.5 Å². The van der Waals surface area contributed by atoms with Gasteiger partial charge in [-0.05, 0) is 64.3 Å². The molecule has 0 saturated carbocycles. The van der Waals surface area contributed by atoms with Crippen LogP contribution in [0.2, 0.25) is 0 Å². The number of benzene rings is 1. The van der Waals surface area contributed by atoms with E-state index < -0.39 is 0 Å². The number of hydrogen-bond donors (Lipinski definition) is 1. The van der Waals surface area contributed by atoms with E-state index in [4.69, 9.17) is 15.2 Å². The Kier molecular flexibility index (Phi) is 11.1. The maximum atomic E-state index is 13.5. The standard InChI is InChI=1S/C28H42N2O3/c1-6-7-8-9-10-11-18-30-25-20-23(29)15-16-24(25)26(32-5)27(28(30)31)33-19-17-22(4)14-12-13-21(2)3/h13,15-17,20H,6-12,14,18-19,29H2,1-5H3. The number of anilines is 1. The van der Waals surface area contributed by atoms with Gasteiger partial charge in [-0.2, -0.15) is 0 Å². The summed E-state index contributed by atoms with van der Waals surface area (Å²) >= 11 is 0. The number of hydrogen-bond acceptors (Lipinski definition) is 4. The van der Waals surface area contributed by atoms with Crippen LogP contribution in [0.3, 0.4) is 0 Å². The maximum Gasteiger partial charge on any atom is 0.297 e. The van der Waals surface area contributed by atoms with Gasteiger partial charge in [-0.3, -0.25) is 4.79 Å². The number of nitrogens with two attached hydrogens (primary N) is 1. The molecule has 2 rings (SSSR count). The Labute approximate surface area is 199 Å². The highest BCUT2D eigenvalue weighted by Crippen LogP contribution is 2.33. The van der Waals surface area contributed by atoms with E-state index in [-0.39, 0.29) is 11.3 Å². The minimum Gasteiger partial charge on any atom is -0.492 e. The van der Waals surface area contributed by atoms with Crippen LogP contribution in [0.15, 0.2) is 46.3 Å². The molecule has 0 atom stereocenters. The smallest absolute Gasteiger partial charge is 0.297 e. The highest BCUT2D eigenvalue weighted by molar-refractivity contribution is 5.90. The summed E-state index contributed by atoms with van der Waals surface area (Å²) in [7, 11) is 1.58. The Bertz CT molecular complexity index is 1010. The van der Waals surface area contributed by atoms with Crippen LogP contribution < -0.4 is 20.8 Å². The Balaban J connectivity index is 2.27. The van der Waals surface area contributed by atoms with Crippen molar-refractivity contribution in [2.45, 2.75) is 85.6 Å². The minimum absolute atomic E-state index is 0.158. The van der Waals surface area contributed by atoms with Gasteiger partial charge >= 0.3 is 0 Å². The number of nitrogen functional groups attached to an aromatic ring is 1. The zero-order valence-corrected chi connectivity index (χ0v) is 21.2. The van der Waals surface area contributed by atoms with Crippen LogP contribution in [0, 0.1) is 0 Å². The van der Waals surface area contributed by atoms with Crippen molar-refractivity contribution < 1.29 is 9.47 Å². The van der Waals surface area contributed by atoms with Gasteiger partial charge in [-0.1, -0.05) is 56.3 Å². The molecule has 0 radical (unpaired) electrons. The molecule has 0 saturated heterocycles. The predicted molar refractivity (Wildman–Crippen MR) is 140 cm³/mol. The fourth-order valence-electron chi connectivity index (χ4n) is 3.98. The molecule has 2 N–H and O–H groups in total. The number of nitrogens with zero attached hydrogens (tertiary/aromatic N) is 1. The van der Waals surface area contributed by atoms with E-state index in [1.807, 2.05) is 24.3 Å². The van der Waals surface area contributed by atoms with E-state index in [0.29, 0.717) is 24.6 Å². The third-order valence-corrected chi connectivity index (χ3v) is 5.89. The number of ether oxygens (including phenoxy) is 2. The van der Waals surface area contributed by atoms with Crippen LogP contribution in [0.1, 0.15) is 79.1 Å². The molecule has 0 amide bonds. The van der Waals surface area contributed by atoms with Crippen LogP contribution >= 0.6 is 0 Å². The molecule has 2 aromatic rings. The topological polar surface area (TPSA) is 66.5 Å². The van der Waals surface area contributed by atoms with Gasteiger partial charge in [-0.15, -0.1) is 0 Å². The van der Waals surface area contributed by atoms with Crippen molar-refractivity contribution in [3.05, 3.63) is 51.9 Å². The van der Waals surface area contributed by atoms with Crippen molar-refractivity contribution in [2.75, 3.05) is 19.5 Å². The fraction of sp³-hybridized carbons (Fsp3) is 0.536. The lowest BCUT2D eigenvalue weighted by Crippen LogP contribution is -2.24. The maximum absolute atomic E-state index is 13.5. The molecule has 1 aromatic carbocycles. The second-order valence-electron chi connectivity index (χ2n) is 9.05. The number of aromatic nitrogens is 1. The predicted octanol–water partition coefficient (Wildman–Crippen LogP) is 7.02. The van der Waals surface area contributed by atoms with E-state index >= 15 is 0 Å². The average Bonchev–Trinajstić information content (AvgIpc) is 2.77. The molecule has 0 aliphatic rings. The van der Waals surface area contributed by atoms with Crippen molar-refractivity contribution in [1.29, 1.82) is 0 Å². The van der Waals surface area contributed by atoms with Gasteiger partial charge in [0.05, 0.1) is 12.6 Å². The van der Waals surface area contributed by atoms with Crippen molar-refractivity contribution >= 4 is 16.6 Å². The van der Waals surface area contributed by atoms with Crippen molar-refractivity contribution in [1.82, 2.24) is 4.57 Å². The van der Waals surface area contributed by atoms with Crippen LogP contribution in [-0.2, 0) is 6.54 Å².